The molecule has 0 bridgehead atoms. The van der Waals surface area contributed by atoms with Crippen molar-refractivity contribution in [3.8, 4) is 0 Å². The molecule has 2 atom stereocenters. The molecule has 1 saturated heterocycles. The van der Waals surface area contributed by atoms with Gasteiger partial charge in [-0.25, -0.2) is 4.98 Å². The van der Waals surface area contributed by atoms with Crippen LogP contribution in [0.3, 0.4) is 0 Å². The summed E-state index contributed by atoms with van der Waals surface area (Å²) in [5.41, 5.74) is 6.99. The lowest BCUT2D eigenvalue weighted by atomic mass is 9.76. The number of rotatable bonds is 3. The van der Waals surface area contributed by atoms with Crippen molar-refractivity contribution in [1.29, 1.82) is 0 Å². The van der Waals surface area contributed by atoms with Gasteiger partial charge in [-0.2, -0.15) is 0 Å². The third-order valence-electron chi connectivity index (χ3n) is 4.00. The van der Waals surface area contributed by atoms with Gasteiger partial charge in [-0.3, -0.25) is 0 Å². The minimum atomic E-state index is -0.683. The van der Waals surface area contributed by atoms with Crippen molar-refractivity contribution in [2.45, 2.75) is 18.9 Å². The summed E-state index contributed by atoms with van der Waals surface area (Å²) in [6.07, 6.45) is 4.91. The van der Waals surface area contributed by atoms with Gasteiger partial charge in [0.1, 0.15) is 11.8 Å². The summed E-state index contributed by atoms with van der Waals surface area (Å²) < 4.78 is 7.43. The van der Waals surface area contributed by atoms with Crippen LogP contribution in [0, 0.1) is 5.41 Å². The predicted molar refractivity (Wildman–Crippen MR) is 71.7 cm³/mol. The number of fused-ring (bicyclic) bond motifs is 1. The molecule has 0 saturated carbocycles. The van der Waals surface area contributed by atoms with E-state index >= 15 is 0 Å². The van der Waals surface area contributed by atoms with Gasteiger partial charge in [-0.05, 0) is 25.0 Å². The SMILES string of the molecule is NCC1(C(O)c2cn3ccccc3n2)CCCOC1. The minimum absolute atomic E-state index is 0.405. The summed E-state index contributed by atoms with van der Waals surface area (Å²) in [5, 5.41) is 10.7. The van der Waals surface area contributed by atoms with Gasteiger partial charge in [0.25, 0.3) is 0 Å². The molecular weight excluding hydrogens is 242 g/mol. The Morgan fingerprint density at radius 2 is 2.42 bits per heavy atom. The molecule has 3 N–H and O–H groups in total. The molecule has 102 valence electrons. The maximum absolute atomic E-state index is 10.7. The first-order valence-corrected chi connectivity index (χ1v) is 6.65. The van der Waals surface area contributed by atoms with E-state index in [0.29, 0.717) is 18.8 Å². The third-order valence-corrected chi connectivity index (χ3v) is 4.00. The van der Waals surface area contributed by atoms with Crippen molar-refractivity contribution in [2.75, 3.05) is 19.8 Å². The maximum Gasteiger partial charge on any atom is 0.137 e. The molecule has 5 heteroatoms. The molecule has 1 aliphatic rings. The molecule has 19 heavy (non-hydrogen) atoms. The van der Waals surface area contributed by atoms with Crippen molar-refractivity contribution in [3.05, 3.63) is 36.3 Å². The molecule has 0 aromatic carbocycles. The first kappa shape index (κ1) is 12.6. The summed E-state index contributed by atoms with van der Waals surface area (Å²) in [5.74, 6) is 0. The molecule has 0 aliphatic carbocycles. The average molecular weight is 261 g/mol. The summed E-state index contributed by atoms with van der Waals surface area (Å²) in [7, 11) is 0. The maximum atomic E-state index is 10.7. The number of nitrogens with two attached hydrogens (primary N) is 1. The van der Waals surface area contributed by atoms with Crippen LogP contribution in [0.25, 0.3) is 5.65 Å². The highest BCUT2D eigenvalue weighted by molar-refractivity contribution is 5.40. The topological polar surface area (TPSA) is 72.8 Å². The van der Waals surface area contributed by atoms with E-state index in [1.165, 1.54) is 0 Å². The molecule has 1 aliphatic heterocycles. The molecule has 3 rings (SSSR count). The molecule has 0 radical (unpaired) electrons. The van der Waals surface area contributed by atoms with E-state index in [-0.39, 0.29) is 0 Å². The Balaban J connectivity index is 1.95. The Bertz CT molecular complexity index is 528. The van der Waals surface area contributed by atoms with Gasteiger partial charge in [0.05, 0.1) is 12.3 Å². The predicted octanol–water partition coefficient (Wildman–Crippen LogP) is 1.12. The normalized spacial score (nSPS) is 25.6. The number of pyridine rings is 1. The lowest BCUT2D eigenvalue weighted by Gasteiger charge is -2.39. The summed E-state index contributed by atoms with van der Waals surface area (Å²) in [4.78, 5) is 4.48. The van der Waals surface area contributed by atoms with Gasteiger partial charge in [0.2, 0.25) is 0 Å². The molecule has 0 amide bonds. The average Bonchev–Trinajstić information content (AvgIpc) is 2.91. The van der Waals surface area contributed by atoms with Crippen molar-refractivity contribution in [1.82, 2.24) is 9.38 Å². The lowest BCUT2D eigenvalue weighted by Crippen LogP contribution is -2.43. The van der Waals surface area contributed by atoms with Gasteiger partial charge >= 0.3 is 0 Å². The van der Waals surface area contributed by atoms with Gasteiger partial charge in [-0.1, -0.05) is 6.07 Å². The number of hydrogen-bond acceptors (Lipinski definition) is 4. The highest BCUT2D eigenvalue weighted by Gasteiger charge is 2.40. The first-order valence-electron chi connectivity index (χ1n) is 6.65. The fourth-order valence-corrected chi connectivity index (χ4v) is 2.76. The fraction of sp³-hybridized carbons (Fsp3) is 0.500. The van der Waals surface area contributed by atoms with Gasteiger partial charge in [-0.15, -0.1) is 0 Å². The van der Waals surface area contributed by atoms with Crippen molar-refractivity contribution in [3.63, 3.8) is 0 Å². The van der Waals surface area contributed by atoms with E-state index in [4.69, 9.17) is 10.5 Å². The first-order chi connectivity index (χ1) is 9.25. The van der Waals surface area contributed by atoms with Crippen molar-refractivity contribution in [2.24, 2.45) is 11.1 Å². The zero-order valence-corrected chi connectivity index (χ0v) is 10.8. The standard InChI is InChI=1S/C14H19N3O2/c15-9-14(5-3-7-19-10-14)13(18)11-8-17-6-2-1-4-12(17)16-11/h1-2,4,6,8,13,18H,3,5,7,9-10,15H2. The number of imidazole rings is 1. The van der Waals surface area contributed by atoms with Crippen LogP contribution >= 0.6 is 0 Å². The zero-order valence-electron chi connectivity index (χ0n) is 10.8. The number of aliphatic hydroxyl groups is 1. The Morgan fingerprint density at radius 3 is 3.11 bits per heavy atom. The highest BCUT2D eigenvalue weighted by atomic mass is 16.5. The monoisotopic (exact) mass is 261 g/mol. The van der Waals surface area contributed by atoms with Gasteiger partial charge in [0, 0.05) is 31.0 Å². The van der Waals surface area contributed by atoms with Crippen LogP contribution in [-0.2, 0) is 4.74 Å². The minimum Gasteiger partial charge on any atom is -0.386 e. The molecule has 5 nitrogen and oxygen atoms in total. The van der Waals surface area contributed by atoms with Crippen LogP contribution < -0.4 is 5.73 Å². The Morgan fingerprint density at radius 1 is 1.53 bits per heavy atom. The second-order valence-electron chi connectivity index (χ2n) is 5.26. The van der Waals surface area contributed by atoms with E-state index in [1.807, 2.05) is 35.0 Å². The summed E-state index contributed by atoms with van der Waals surface area (Å²) >= 11 is 0. The Kier molecular flexibility index (Phi) is 3.26. The van der Waals surface area contributed by atoms with E-state index < -0.39 is 11.5 Å². The molecule has 2 unspecified atom stereocenters. The number of ether oxygens (including phenoxy) is 1. The second-order valence-corrected chi connectivity index (χ2v) is 5.26. The largest absolute Gasteiger partial charge is 0.386 e. The molecular formula is C14H19N3O2. The van der Waals surface area contributed by atoms with Crippen LogP contribution in [0.1, 0.15) is 24.6 Å². The van der Waals surface area contributed by atoms with Crippen LogP contribution in [0.4, 0.5) is 0 Å². The smallest absolute Gasteiger partial charge is 0.137 e. The molecule has 3 heterocycles. The lowest BCUT2D eigenvalue weighted by molar-refractivity contribution is -0.0795. The van der Waals surface area contributed by atoms with Crippen molar-refractivity contribution < 1.29 is 9.84 Å². The Hall–Kier alpha value is -1.43. The van der Waals surface area contributed by atoms with E-state index in [9.17, 15) is 5.11 Å². The third kappa shape index (κ3) is 2.14. The van der Waals surface area contributed by atoms with Gasteiger partial charge in [0.15, 0.2) is 0 Å². The molecule has 2 aromatic heterocycles. The Labute approximate surface area is 112 Å². The molecule has 2 aromatic rings. The number of aliphatic hydroxyl groups excluding tert-OH is 1. The van der Waals surface area contributed by atoms with Crippen LogP contribution in [0.15, 0.2) is 30.6 Å². The van der Waals surface area contributed by atoms with Crippen LogP contribution in [-0.4, -0.2) is 34.2 Å². The van der Waals surface area contributed by atoms with E-state index in [2.05, 4.69) is 4.98 Å². The quantitative estimate of drug-likeness (QED) is 0.868. The van der Waals surface area contributed by atoms with E-state index in [1.54, 1.807) is 0 Å². The van der Waals surface area contributed by atoms with E-state index in [0.717, 1.165) is 25.1 Å². The number of hydrogen-bond donors (Lipinski definition) is 2. The number of aromatic nitrogens is 2. The molecule has 1 fully saturated rings. The fourth-order valence-electron chi connectivity index (χ4n) is 2.76. The summed E-state index contributed by atoms with van der Waals surface area (Å²) in [6, 6.07) is 5.79. The van der Waals surface area contributed by atoms with Crippen molar-refractivity contribution >= 4 is 5.65 Å². The van der Waals surface area contributed by atoms with Crippen LogP contribution in [0.5, 0.6) is 0 Å². The molecule has 0 spiro atoms. The highest BCUT2D eigenvalue weighted by Crippen LogP contribution is 2.39. The van der Waals surface area contributed by atoms with Crippen LogP contribution in [0.2, 0.25) is 0 Å². The summed E-state index contributed by atoms with van der Waals surface area (Å²) in [6.45, 7) is 1.65. The zero-order chi connectivity index (χ0) is 13.3. The van der Waals surface area contributed by atoms with Gasteiger partial charge < -0.3 is 20.0 Å². The number of nitrogens with zero attached hydrogens (tertiary/aromatic N) is 2. The second kappa shape index (κ2) is 4.92.